The lowest BCUT2D eigenvalue weighted by Crippen LogP contribution is -2.56. The van der Waals surface area contributed by atoms with Crippen molar-refractivity contribution in [2.24, 2.45) is 10.7 Å². The molecule has 4 rings (SSSR count). The fourth-order valence-electron chi connectivity index (χ4n) is 4.54. The highest BCUT2D eigenvalue weighted by molar-refractivity contribution is 6.35. The molecule has 3 N–H and O–H groups in total. The number of nitrogens with two attached hydrogens (primary N) is 1. The van der Waals surface area contributed by atoms with Gasteiger partial charge in [0.05, 0.1) is 34.3 Å². The summed E-state index contributed by atoms with van der Waals surface area (Å²) in [5.74, 6) is -0.225. The van der Waals surface area contributed by atoms with E-state index < -0.39 is 5.54 Å². The molecule has 8 nitrogen and oxygen atoms in total. The van der Waals surface area contributed by atoms with Gasteiger partial charge >= 0.3 is 0 Å². The van der Waals surface area contributed by atoms with Crippen LogP contribution in [0.5, 0.6) is 0 Å². The van der Waals surface area contributed by atoms with Crippen LogP contribution in [0.25, 0.3) is 0 Å². The molecule has 1 saturated heterocycles. The van der Waals surface area contributed by atoms with Crippen molar-refractivity contribution < 1.29 is 14.3 Å². The minimum atomic E-state index is -0.948. The summed E-state index contributed by atoms with van der Waals surface area (Å²) >= 11 is 6.72. The first-order valence-corrected chi connectivity index (χ1v) is 11.4. The first-order chi connectivity index (χ1) is 15.7. The SMILES string of the molecule is Cc1ccncc1C(=O)Nc1cccc([C@]2(C)CC(=O)N([C@@H]3CCO[C@H](C)C3)C(N)=N2)c1Cl. The summed E-state index contributed by atoms with van der Waals surface area (Å²) in [6.45, 7) is 6.25. The predicted octanol–water partition coefficient (Wildman–Crippen LogP) is 3.63. The number of amides is 2. The van der Waals surface area contributed by atoms with Crippen molar-refractivity contribution in [2.45, 2.75) is 57.7 Å². The first-order valence-electron chi connectivity index (χ1n) is 11.0. The Bertz CT molecular complexity index is 1120. The van der Waals surface area contributed by atoms with Crippen LogP contribution in [0.15, 0.2) is 41.7 Å². The van der Waals surface area contributed by atoms with Crippen molar-refractivity contribution >= 4 is 35.1 Å². The van der Waals surface area contributed by atoms with Crippen LogP contribution in [-0.2, 0) is 15.1 Å². The molecule has 2 amide bonds. The van der Waals surface area contributed by atoms with Gasteiger partial charge in [-0.05, 0) is 51.3 Å². The number of aliphatic imine (C=N–C) groups is 1. The molecular formula is C24H28ClN5O3. The average molecular weight is 470 g/mol. The lowest BCUT2D eigenvalue weighted by atomic mass is 9.86. The normalized spacial score (nSPS) is 25.5. The second kappa shape index (κ2) is 9.11. The molecule has 2 aliphatic rings. The molecule has 3 atom stereocenters. The zero-order valence-electron chi connectivity index (χ0n) is 19.0. The summed E-state index contributed by atoms with van der Waals surface area (Å²) < 4.78 is 5.60. The van der Waals surface area contributed by atoms with E-state index in [-0.39, 0.29) is 36.3 Å². The molecule has 2 aliphatic heterocycles. The van der Waals surface area contributed by atoms with Gasteiger partial charge in [0.15, 0.2) is 5.96 Å². The minimum absolute atomic E-state index is 0.0293. The monoisotopic (exact) mass is 469 g/mol. The van der Waals surface area contributed by atoms with Gasteiger partial charge in [0, 0.05) is 30.6 Å². The maximum Gasteiger partial charge on any atom is 0.257 e. The lowest BCUT2D eigenvalue weighted by Gasteiger charge is -2.41. The van der Waals surface area contributed by atoms with Crippen molar-refractivity contribution in [3.8, 4) is 0 Å². The van der Waals surface area contributed by atoms with Crippen LogP contribution >= 0.6 is 11.6 Å². The van der Waals surface area contributed by atoms with E-state index >= 15 is 0 Å². The lowest BCUT2D eigenvalue weighted by molar-refractivity contribution is -0.133. The predicted molar refractivity (Wildman–Crippen MR) is 127 cm³/mol. The van der Waals surface area contributed by atoms with E-state index in [1.165, 1.54) is 6.20 Å². The molecule has 0 radical (unpaired) electrons. The van der Waals surface area contributed by atoms with Gasteiger partial charge in [-0.3, -0.25) is 19.5 Å². The van der Waals surface area contributed by atoms with Crippen LogP contribution in [0.3, 0.4) is 0 Å². The molecule has 1 aromatic carbocycles. The Morgan fingerprint density at radius 3 is 2.85 bits per heavy atom. The Morgan fingerprint density at radius 2 is 2.15 bits per heavy atom. The second-order valence-corrected chi connectivity index (χ2v) is 9.23. The van der Waals surface area contributed by atoms with Crippen molar-refractivity contribution in [1.82, 2.24) is 9.88 Å². The Kier molecular flexibility index (Phi) is 6.41. The fraction of sp³-hybridized carbons (Fsp3) is 0.417. The largest absolute Gasteiger partial charge is 0.378 e. The number of hydrogen-bond acceptors (Lipinski definition) is 6. The highest BCUT2D eigenvalue weighted by Gasteiger charge is 2.42. The highest BCUT2D eigenvalue weighted by atomic mass is 35.5. The summed E-state index contributed by atoms with van der Waals surface area (Å²) in [5.41, 5.74) is 7.69. The number of carbonyl (C=O) groups is 2. The van der Waals surface area contributed by atoms with Crippen LogP contribution in [-0.4, -0.2) is 46.4 Å². The molecule has 3 heterocycles. The van der Waals surface area contributed by atoms with Gasteiger partial charge in [-0.2, -0.15) is 0 Å². The Morgan fingerprint density at radius 1 is 1.36 bits per heavy atom. The number of nitrogens with one attached hydrogen (secondary N) is 1. The van der Waals surface area contributed by atoms with Gasteiger partial charge in [0.25, 0.3) is 5.91 Å². The Balaban J connectivity index is 1.62. The Labute approximate surface area is 198 Å². The molecule has 2 aromatic rings. The van der Waals surface area contributed by atoms with Gasteiger partial charge in [-0.1, -0.05) is 23.7 Å². The number of benzene rings is 1. The molecule has 9 heteroatoms. The summed E-state index contributed by atoms with van der Waals surface area (Å²) in [7, 11) is 0. The molecule has 0 spiro atoms. The molecule has 0 bridgehead atoms. The van der Waals surface area contributed by atoms with Crippen molar-refractivity contribution in [1.29, 1.82) is 0 Å². The number of halogens is 1. The molecular weight excluding hydrogens is 442 g/mol. The van der Waals surface area contributed by atoms with Crippen molar-refractivity contribution in [3.05, 3.63) is 58.4 Å². The van der Waals surface area contributed by atoms with E-state index in [0.717, 1.165) is 12.0 Å². The van der Waals surface area contributed by atoms with E-state index in [1.54, 1.807) is 29.3 Å². The van der Waals surface area contributed by atoms with Gasteiger partial charge in [0.1, 0.15) is 0 Å². The standard InChI is InChI=1S/C24H28ClN5O3/c1-14-7-9-27-13-17(14)22(32)28-19-6-4-5-18(21(19)25)24(3)12-20(31)30(23(26)29-24)16-8-10-33-15(2)11-16/h4-7,9,13,15-16H,8,10-12H2,1-3H3,(H2,26,29)(H,28,32)/t15-,16-,24+/m1/s1. The third-order valence-corrected chi connectivity index (χ3v) is 6.71. The summed E-state index contributed by atoms with van der Waals surface area (Å²) in [5, 5.41) is 3.18. The van der Waals surface area contributed by atoms with Crippen LogP contribution in [0.1, 0.15) is 54.6 Å². The number of anilines is 1. The molecule has 0 unspecified atom stereocenters. The highest BCUT2D eigenvalue weighted by Crippen LogP contribution is 2.41. The van der Waals surface area contributed by atoms with Crippen molar-refractivity contribution in [2.75, 3.05) is 11.9 Å². The van der Waals surface area contributed by atoms with Gasteiger partial charge in [-0.15, -0.1) is 0 Å². The van der Waals surface area contributed by atoms with E-state index in [1.807, 2.05) is 26.8 Å². The smallest absolute Gasteiger partial charge is 0.257 e. The van der Waals surface area contributed by atoms with Crippen LogP contribution in [0, 0.1) is 6.92 Å². The summed E-state index contributed by atoms with van der Waals surface area (Å²) in [6, 6.07) is 7.04. The van der Waals surface area contributed by atoms with Gasteiger partial charge in [0.2, 0.25) is 5.91 Å². The third-order valence-electron chi connectivity index (χ3n) is 6.31. The average Bonchev–Trinajstić information content (AvgIpc) is 2.75. The zero-order valence-corrected chi connectivity index (χ0v) is 19.7. The molecule has 1 fully saturated rings. The number of aryl methyl sites for hydroxylation is 1. The third kappa shape index (κ3) is 4.58. The molecule has 0 saturated carbocycles. The first kappa shape index (κ1) is 23.2. The van der Waals surface area contributed by atoms with E-state index in [4.69, 9.17) is 27.1 Å². The molecule has 1 aromatic heterocycles. The number of ether oxygens (including phenoxy) is 1. The van der Waals surface area contributed by atoms with Crippen LogP contribution in [0.4, 0.5) is 5.69 Å². The number of carbonyl (C=O) groups excluding carboxylic acids is 2. The topological polar surface area (TPSA) is 110 Å². The number of aromatic nitrogens is 1. The molecule has 174 valence electrons. The van der Waals surface area contributed by atoms with Gasteiger partial charge in [-0.25, -0.2) is 4.99 Å². The number of nitrogens with zero attached hydrogens (tertiary/aromatic N) is 3. The quantitative estimate of drug-likeness (QED) is 0.710. The maximum atomic E-state index is 13.2. The second-order valence-electron chi connectivity index (χ2n) is 8.86. The number of guanidine groups is 1. The number of pyridine rings is 1. The molecule has 0 aliphatic carbocycles. The zero-order chi connectivity index (χ0) is 23.8. The van der Waals surface area contributed by atoms with E-state index in [0.29, 0.717) is 34.9 Å². The van der Waals surface area contributed by atoms with E-state index in [9.17, 15) is 9.59 Å². The summed E-state index contributed by atoms with van der Waals surface area (Å²) in [4.78, 5) is 36.3. The molecule has 33 heavy (non-hydrogen) atoms. The van der Waals surface area contributed by atoms with Crippen molar-refractivity contribution in [3.63, 3.8) is 0 Å². The van der Waals surface area contributed by atoms with Gasteiger partial charge < -0.3 is 15.8 Å². The van der Waals surface area contributed by atoms with Crippen LogP contribution < -0.4 is 11.1 Å². The van der Waals surface area contributed by atoms with Crippen LogP contribution in [0.2, 0.25) is 5.02 Å². The van der Waals surface area contributed by atoms with E-state index in [2.05, 4.69) is 10.3 Å². The Hall–Kier alpha value is -2.97. The number of hydrogen-bond donors (Lipinski definition) is 2. The summed E-state index contributed by atoms with van der Waals surface area (Å²) in [6.07, 6.45) is 4.77. The fourth-order valence-corrected chi connectivity index (χ4v) is 4.92. The maximum absolute atomic E-state index is 13.2. The minimum Gasteiger partial charge on any atom is -0.378 e. The number of rotatable bonds is 4.